The van der Waals surface area contributed by atoms with Crippen LogP contribution in [0, 0.1) is 23.3 Å². The van der Waals surface area contributed by atoms with Crippen molar-refractivity contribution >= 4 is 11.8 Å². The molecule has 2 aromatic rings. The van der Waals surface area contributed by atoms with Gasteiger partial charge in [0.1, 0.15) is 23.3 Å². The highest BCUT2D eigenvalue weighted by Crippen LogP contribution is 2.35. The molecule has 0 heterocycles. The first-order chi connectivity index (χ1) is 9.99. The summed E-state index contributed by atoms with van der Waals surface area (Å²) in [6, 6.07) is 4.85. The van der Waals surface area contributed by atoms with Gasteiger partial charge in [-0.1, -0.05) is 25.6 Å². The molecular weight excluding hydrogens is 300 g/mol. The first kappa shape index (κ1) is 15.9. The molecule has 0 saturated heterocycles. The summed E-state index contributed by atoms with van der Waals surface area (Å²) < 4.78 is 55.2. The Morgan fingerprint density at radius 3 is 1.43 bits per heavy atom. The standard InChI is InChI=1S/C16H14F4S/c1-3-9-11(17)5-7-13(15(9)19)21-14-8-6-12(18)10(4-2)16(14)20/h5-8H,3-4H2,1-2H3. The third kappa shape index (κ3) is 3.07. The quantitative estimate of drug-likeness (QED) is 0.670. The first-order valence-corrected chi connectivity index (χ1v) is 7.42. The van der Waals surface area contributed by atoms with Gasteiger partial charge in [0, 0.05) is 20.9 Å². The zero-order valence-corrected chi connectivity index (χ0v) is 12.5. The lowest BCUT2D eigenvalue weighted by molar-refractivity contribution is 0.538. The van der Waals surface area contributed by atoms with Crippen LogP contribution in [0.2, 0.25) is 0 Å². The van der Waals surface area contributed by atoms with Crippen LogP contribution >= 0.6 is 11.8 Å². The van der Waals surface area contributed by atoms with Crippen LogP contribution in [0.3, 0.4) is 0 Å². The normalized spacial score (nSPS) is 11.0. The molecule has 0 aliphatic carbocycles. The maximum Gasteiger partial charge on any atom is 0.143 e. The molecule has 0 saturated carbocycles. The summed E-state index contributed by atoms with van der Waals surface area (Å²) in [6.07, 6.45) is 0.413. The van der Waals surface area contributed by atoms with E-state index in [4.69, 9.17) is 0 Å². The summed E-state index contributed by atoms with van der Waals surface area (Å²) in [4.78, 5) is 0.252. The van der Waals surface area contributed by atoms with Gasteiger partial charge in [-0.3, -0.25) is 0 Å². The molecule has 2 rings (SSSR count). The minimum absolute atomic E-state index is 0.0294. The second-order valence-corrected chi connectivity index (χ2v) is 5.57. The predicted octanol–water partition coefficient (Wildman–Crippen LogP) is 5.52. The van der Waals surface area contributed by atoms with Crippen LogP contribution in [0.15, 0.2) is 34.1 Å². The minimum Gasteiger partial charge on any atom is -0.207 e. The Hall–Kier alpha value is -1.49. The van der Waals surface area contributed by atoms with Crippen molar-refractivity contribution in [2.45, 2.75) is 36.5 Å². The van der Waals surface area contributed by atoms with E-state index in [1.54, 1.807) is 13.8 Å². The van der Waals surface area contributed by atoms with Crippen molar-refractivity contribution in [2.24, 2.45) is 0 Å². The van der Waals surface area contributed by atoms with E-state index >= 15 is 0 Å². The first-order valence-electron chi connectivity index (χ1n) is 6.61. The van der Waals surface area contributed by atoms with Gasteiger partial charge in [0.2, 0.25) is 0 Å². The summed E-state index contributed by atoms with van der Waals surface area (Å²) in [5.74, 6) is -2.62. The molecule has 112 valence electrons. The molecule has 0 atom stereocenters. The number of benzene rings is 2. The molecule has 0 aliphatic rings. The number of hydrogen-bond donors (Lipinski definition) is 0. The smallest absolute Gasteiger partial charge is 0.143 e. The number of rotatable bonds is 4. The monoisotopic (exact) mass is 314 g/mol. The van der Waals surface area contributed by atoms with E-state index < -0.39 is 23.3 Å². The van der Waals surface area contributed by atoms with Gasteiger partial charge in [0.15, 0.2) is 0 Å². The molecule has 0 spiro atoms. The molecule has 0 aliphatic heterocycles. The van der Waals surface area contributed by atoms with Gasteiger partial charge in [-0.15, -0.1) is 0 Å². The molecule has 21 heavy (non-hydrogen) atoms. The topological polar surface area (TPSA) is 0 Å². The van der Waals surface area contributed by atoms with E-state index in [-0.39, 0.29) is 33.8 Å². The van der Waals surface area contributed by atoms with Crippen molar-refractivity contribution < 1.29 is 17.6 Å². The highest BCUT2D eigenvalue weighted by atomic mass is 32.2. The predicted molar refractivity (Wildman–Crippen MR) is 75.6 cm³/mol. The Balaban J connectivity index is 2.44. The Morgan fingerprint density at radius 2 is 1.10 bits per heavy atom. The van der Waals surface area contributed by atoms with Crippen LogP contribution in [-0.4, -0.2) is 0 Å². The zero-order chi connectivity index (χ0) is 15.6. The van der Waals surface area contributed by atoms with E-state index in [1.807, 2.05) is 0 Å². The molecule has 5 heteroatoms. The molecule has 2 aromatic carbocycles. The molecule has 0 bridgehead atoms. The lowest BCUT2D eigenvalue weighted by Crippen LogP contribution is -1.98. The summed E-state index contributed by atoms with van der Waals surface area (Å²) in [5.41, 5.74) is -0.0588. The molecule has 0 N–H and O–H groups in total. The van der Waals surface area contributed by atoms with E-state index in [0.717, 1.165) is 23.9 Å². The Labute approximate surface area is 125 Å². The average Bonchev–Trinajstić information content (AvgIpc) is 2.45. The van der Waals surface area contributed by atoms with Crippen LogP contribution in [0.25, 0.3) is 0 Å². The van der Waals surface area contributed by atoms with E-state index in [2.05, 4.69) is 0 Å². The third-order valence-corrected chi connectivity index (χ3v) is 4.30. The molecule has 0 nitrogen and oxygen atoms in total. The van der Waals surface area contributed by atoms with Crippen LogP contribution in [-0.2, 0) is 12.8 Å². The van der Waals surface area contributed by atoms with Gasteiger partial charge in [-0.25, -0.2) is 17.6 Å². The highest BCUT2D eigenvalue weighted by molar-refractivity contribution is 7.99. The van der Waals surface area contributed by atoms with Gasteiger partial charge in [0.05, 0.1) is 0 Å². The molecule has 0 fully saturated rings. The second-order valence-electron chi connectivity index (χ2n) is 4.49. The average molecular weight is 314 g/mol. The van der Waals surface area contributed by atoms with Crippen molar-refractivity contribution in [1.82, 2.24) is 0 Å². The van der Waals surface area contributed by atoms with Crippen LogP contribution in [0.4, 0.5) is 17.6 Å². The van der Waals surface area contributed by atoms with Gasteiger partial charge in [0.25, 0.3) is 0 Å². The van der Waals surface area contributed by atoms with Crippen molar-refractivity contribution in [3.8, 4) is 0 Å². The SMILES string of the molecule is CCc1c(F)ccc(Sc2ccc(F)c(CC)c2F)c1F. The fourth-order valence-corrected chi connectivity index (χ4v) is 3.01. The molecule has 0 radical (unpaired) electrons. The highest BCUT2D eigenvalue weighted by Gasteiger charge is 2.17. The fourth-order valence-electron chi connectivity index (χ4n) is 2.08. The zero-order valence-electron chi connectivity index (χ0n) is 11.6. The maximum atomic E-state index is 14.2. The van der Waals surface area contributed by atoms with Crippen molar-refractivity contribution in [3.63, 3.8) is 0 Å². The Bertz CT molecular complexity index is 610. The van der Waals surface area contributed by atoms with Gasteiger partial charge >= 0.3 is 0 Å². The van der Waals surface area contributed by atoms with Crippen molar-refractivity contribution in [3.05, 3.63) is 58.7 Å². The van der Waals surface area contributed by atoms with Gasteiger partial charge in [-0.05, 0) is 37.1 Å². The van der Waals surface area contributed by atoms with E-state index in [9.17, 15) is 17.6 Å². The van der Waals surface area contributed by atoms with Crippen LogP contribution < -0.4 is 0 Å². The molecular formula is C16H14F4S. The largest absolute Gasteiger partial charge is 0.207 e. The molecule has 0 aromatic heterocycles. The number of halogens is 4. The van der Waals surface area contributed by atoms with Crippen LogP contribution in [0.1, 0.15) is 25.0 Å². The van der Waals surface area contributed by atoms with Crippen molar-refractivity contribution in [2.75, 3.05) is 0 Å². The van der Waals surface area contributed by atoms with Gasteiger partial charge < -0.3 is 0 Å². The summed E-state index contributed by atoms with van der Waals surface area (Å²) in [6.45, 7) is 3.28. The Morgan fingerprint density at radius 1 is 0.714 bits per heavy atom. The van der Waals surface area contributed by atoms with E-state index in [1.165, 1.54) is 12.1 Å². The maximum absolute atomic E-state index is 14.2. The Kier molecular flexibility index (Phi) is 4.93. The second kappa shape index (κ2) is 6.52. The molecule has 0 amide bonds. The third-order valence-electron chi connectivity index (χ3n) is 3.23. The lowest BCUT2D eigenvalue weighted by Gasteiger charge is -2.10. The lowest BCUT2D eigenvalue weighted by atomic mass is 10.1. The fraction of sp³-hybridized carbons (Fsp3) is 0.250. The van der Waals surface area contributed by atoms with Crippen LogP contribution in [0.5, 0.6) is 0 Å². The number of hydrogen-bond acceptors (Lipinski definition) is 1. The minimum atomic E-state index is -0.690. The molecule has 0 unspecified atom stereocenters. The summed E-state index contributed by atoms with van der Waals surface area (Å²) in [5, 5.41) is 0. The van der Waals surface area contributed by atoms with Gasteiger partial charge in [-0.2, -0.15) is 0 Å². The van der Waals surface area contributed by atoms with Crippen molar-refractivity contribution in [1.29, 1.82) is 0 Å². The summed E-state index contributed by atoms with van der Waals surface area (Å²) >= 11 is 0.834. The summed E-state index contributed by atoms with van der Waals surface area (Å²) in [7, 11) is 0. The van der Waals surface area contributed by atoms with E-state index in [0.29, 0.717) is 0 Å².